The van der Waals surface area contributed by atoms with Crippen molar-refractivity contribution in [3.8, 4) is 67.5 Å². The summed E-state index contributed by atoms with van der Waals surface area (Å²) in [4.78, 5) is 44.4. The summed E-state index contributed by atoms with van der Waals surface area (Å²) in [5.41, 5.74) is 9.61. The number of hydrogen-bond donors (Lipinski definition) is 4. The number of hydrogen-bond acceptors (Lipinski definition) is 12. The third kappa shape index (κ3) is 11.7. The molecule has 2 aliphatic heterocycles. The molecule has 7 aromatic rings. The molecule has 4 N–H and O–H groups in total. The lowest BCUT2D eigenvalue weighted by molar-refractivity contribution is -0.158. The molecule has 0 saturated heterocycles. The number of H-pyrrole nitrogens is 2. The smallest absolute Gasteiger partial charge is 0.344 e. The van der Waals surface area contributed by atoms with E-state index in [-0.39, 0.29) is 39.6 Å². The number of esters is 2. The fraction of sp³-hybridized carbons (Fsp3) is 0.233. The van der Waals surface area contributed by atoms with Crippen molar-refractivity contribution in [3.05, 3.63) is 144 Å². The first-order chi connectivity index (χ1) is 35.6. The summed E-state index contributed by atoms with van der Waals surface area (Å²) in [5.74, 6) is 0.981. The van der Waals surface area contributed by atoms with E-state index in [1.807, 2.05) is 187 Å². The standard InChI is InChI=1S/C60H58N4O10/c1-59(2,3)73-53(67)35-71-51-19-9-7-17-41(51)57-47-25-21-43(61-47)55(37-13-11-15-39(33-37)69-31-29-65)45-23-27-49(63-45)58(42-18-8-10-20-52(42)72-36-54(68)74-60(4,5)6)50-28-24-46(64-50)56(44-22-26-48(57)62-44)38-14-12-16-40(34-38)70-32-30-66/h7-28,33-34,61,64-66H,29-32,35-36H2,1-6H3. The molecule has 378 valence electrons. The molecule has 0 amide bonds. The molecule has 5 heterocycles. The monoisotopic (exact) mass is 994 g/mol. The molecule has 4 aromatic carbocycles. The maximum Gasteiger partial charge on any atom is 0.344 e. The third-order valence-electron chi connectivity index (χ3n) is 11.6. The van der Waals surface area contributed by atoms with Crippen LogP contribution in [0.4, 0.5) is 0 Å². The molecule has 0 unspecified atom stereocenters. The Kier molecular flexibility index (Phi) is 14.8. The van der Waals surface area contributed by atoms with Crippen molar-refractivity contribution in [3.63, 3.8) is 0 Å². The third-order valence-corrected chi connectivity index (χ3v) is 11.6. The second-order valence-electron chi connectivity index (χ2n) is 19.4. The van der Waals surface area contributed by atoms with Gasteiger partial charge in [-0.15, -0.1) is 0 Å². The Morgan fingerprint density at radius 2 is 0.824 bits per heavy atom. The van der Waals surface area contributed by atoms with E-state index in [9.17, 15) is 19.8 Å². The Bertz CT molecular complexity index is 3240. The number of nitrogens with one attached hydrogen (secondary N) is 2. The van der Waals surface area contributed by atoms with Crippen LogP contribution in [-0.4, -0.2) is 92.9 Å². The molecular formula is C60H58N4O10. The van der Waals surface area contributed by atoms with Gasteiger partial charge in [-0.1, -0.05) is 60.7 Å². The van der Waals surface area contributed by atoms with Gasteiger partial charge in [0, 0.05) is 55.4 Å². The molecule has 9 rings (SSSR count). The van der Waals surface area contributed by atoms with E-state index < -0.39 is 23.1 Å². The minimum atomic E-state index is -0.704. The first-order valence-electron chi connectivity index (χ1n) is 24.4. The SMILES string of the molecule is CC(C)(C)OC(=O)COc1ccccc1-c1c2nc(c(-c3cccc(OCCO)c3)c3ccc([nH]3)c(-c3ccccc3OCC(=O)OC(C)(C)C)c3nc(c(-c4cccc(OCCO)c4)c4ccc1[nH]4)C=C3)C=C2. The number of carbonyl (C=O) groups is 2. The minimum absolute atomic E-state index is 0.112. The molecule has 0 spiro atoms. The zero-order chi connectivity index (χ0) is 52.0. The van der Waals surface area contributed by atoms with Gasteiger partial charge in [-0.3, -0.25) is 0 Å². The molecule has 0 radical (unpaired) electrons. The van der Waals surface area contributed by atoms with E-state index in [1.54, 1.807) is 0 Å². The van der Waals surface area contributed by atoms with Gasteiger partial charge >= 0.3 is 11.9 Å². The lowest BCUT2D eigenvalue weighted by Crippen LogP contribution is -2.27. The molecule has 2 aliphatic rings. The van der Waals surface area contributed by atoms with Gasteiger partial charge in [0.25, 0.3) is 0 Å². The fourth-order valence-corrected chi connectivity index (χ4v) is 8.80. The number of aliphatic hydroxyl groups excluding tert-OH is 2. The van der Waals surface area contributed by atoms with Gasteiger partial charge in [0.2, 0.25) is 0 Å². The zero-order valence-corrected chi connectivity index (χ0v) is 42.2. The van der Waals surface area contributed by atoms with Crippen molar-refractivity contribution >= 4 is 58.3 Å². The van der Waals surface area contributed by atoms with Crippen LogP contribution in [-0.2, 0) is 19.1 Å². The summed E-state index contributed by atoms with van der Waals surface area (Å²) in [7, 11) is 0. The highest BCUT2D eigenvalue weighted by molar-refractivity contribution is 6.01. The predicted octanol–water partition coefficient (Wildman–Crippen LogP) is 11.5. The van der Waals surface area contributed by atoms with Crippen LogP contribution in [0.15, 0.2) is 121 Å². The summed E-state index contributed by atoms with van der Waals surface area (Å²) in [6, 6.07) is 38.2. The molecule has 0 saturated carbocycles. The van der Waals surface area contributed by atoms with Gasteiger partial charge in [-0.2, -0.15) is 0 Å². The topological polar surface area (TPSA) is 187 Å². The molecule has 0 aliphatic carbocycles. The van der Waals surface area contributed by atoms with Crippen LogP contribution in [0.2, 0.25) is 0 Å². The van der Waals surface area contributed by atoms with Gasteiger partial charge < -0.3 is 48.6 Å². The van der Waals surface area contributed by atoms with Crippen molar-refractivity contribution < 1.29 is 48.2 Å². The molecule has 3 aromatic heterocycles. The van der Waals surface area contributed by atoms with E-state index in [2.05, 4.69) is 9.97 Å². The van der Waals surface area contributed by atoms with Crippen LogP contribution in [0.25, 0.3) is 90.9 Å². The van der Waals surface area contributed by atoms with Crippen molar-refractivity contribution in [2.45, 2.75) is 52.7 Å². The van der Waals surface area contributed by atoms with Gasteiger partial charge in [0.1, 0.15) is 47.4 Å². The van der Waals surface area contributed by atoms with Gasteiger partial charge in [0.05, 0.1) is 36.0 Å². The van der Waals surface area contributed by atoms with Crippen molar-refractivity contribution in [1.82, 2.24) is 19.9 Å². The first-order valence-corrected chi connectivity index (χ1v) is 24.4. The maximum absolute atomic E-state index is 13.1. The highest BCUT2D eigenvalue weighted by Gasteiger charge is 2.24. The molecule has 0 fully saturated rings. The lowest BCUT2D eigenvalue weighted by atomic mass is 10.0. The van der Waals surface area contributed by atoms with Crippen LogP contribution in [0.3, 0.4) is 0 Å². The van der Waals surface area contributed by atoms with E-state index in [4.69, 9.17) is 38.4 Å². The number of benzene rings is 4. The van der Waals surface area contributed by atoms with Gasteiger partial charge in [0.15, 0.2) is 13.2 Å². The maximum atomic E-state index is 13.1. The van der Waals surface area contributed by atoms with Crippen molar-refractivity contribution in [1.29, 1.82) is 0 Å². The van der Waals surface area contributed by atoms with Crippen LogP contribution < -0.4 is 18.9 Å². The molecule has 0 atom stereocenters. The summed E-state index contributed by atoms with van der Waals surface area (Å²) in [5, 5.41) is 19.3. The Balaban J connectivity index is 1.37. The number of aromatic nitrogens is 4. The summed E-state index contributed by atoms with van der Waals surface area (Å²) in [6.07, 6.45) is 7.83. The average molecular weight is 995 g/mol. The normalized spacial score (nSPS) is 12.1. The van der Waals surface area contributed by atoms with Gasteiger partial charge in [-0.25, -0.2) is 19.6 Å². The highest BCUT2D eigenvalue weighted by atomic mass is 16.6. The number of fused-ring (bicyclic) bond motifs is 8. The largest absolute Gasteiger partial charge is 0.491 e. The Morgan fingerprint density at radius 3 is 1.20 bits per heavy atom. The molecule has 14 heteroatoms. The van der Waals surface area contributed by atoms with E-state index >= 15 is 0 Å². The zero-order valence-electron chi connectivity index (χ0n) is 42.2. The molecular weight excluding hydrogens is 937 g/mol. The van der Waals surface area contributed by atoms with Crippen LogP contribution in [0.1, 0.15) is 64.3 Å². The number of ether oxygens (including phenoxy) is 6. The fourth-order valence-electron chi connectivity index (χ4n) is 8.80. The van der Waals surface area contributed by atoms with Crippen molar-refractivity contribution in [2.24, 2.45) is 0 Å². The summed E-state index contributed by atoms with van der Waals surface area (Å²) >= 11 is 0. The molecule has 14 nitrogen and oxygen atoms in total. The average Bonchev–Trinajstić information content (AvgIpc) is 4.22. The summed E-state index contributed by atoms with van der Waals surface area (Å²) < 4.78 is 35.7. The summed E-state index contributed by atoms with van der Waals surface area (Å²) in [6.45, 7) is 10.1. The second-order valence-corrected chi connectivity index (χ2v) is 19.4. The van der Waals surface area contributed by atoms with Crippen LogP contribution >= 0.6 is 0 Å². The lowest BCUT2D eigenvalue weighted by Gasteiger charge is -2.20. The Morgan fingerprint density at radius 1 is 0.459 bits per heavy atom. The van der Waals surface area contributed by atoms with Crippen LogP contribution in [0.5, 0.6) is 23.0 Å². The van der Waals surface area contributed by atoms with E-state index in [0.717, 1.165) is 22.3 Å². The highest BCUT2D eigenvalue weighted by Crippen LogP contribution is 2.42. The number of rotatable bonds is 16. The molecule has 8 bridgehead atoms. The molecule has 74 heavy (non-hydrogen) atoms. The number of aliphatic hydroxyl groups is 2. The quantitative estimate of drug-likeness (QED) is 0.0672. The Hall–Kier alpha value is -8.46. The number of carbonyl (C=O) groups excluding carboxylic acids is 2. The predicted molar refractivity (Wildman–Crippen MR) is 288 cm³/mol. The Labute approximate surface area is 428 Å². The van der Waals surface area contributed by atoms with Crippen LogP contribution in [0, 0.1) is 0 Å². The second kappa shape index (κ2) is 21.7. The first kappa shape index (κ1) is 50.5. The number of aromatic amines is 2. The van der Waals surface area contributed by atoms with Crippen molar-refractivity contribution in [2.75, 3.05) is 39.6 Å². The minimum Gasteiger partial charge on any atom is -0.491 e. The number of nitrogens with zero attached hydrogens (tertiary/aromatic N) is 2. The number of para-hydroxylation sites is 2. The van der Waals surface area contributed by atoms with E-state index in [1.165, 1.54) is 0 Å². The van der Waals surface area contributed by atoms with Gasteiger partial charge in [-0.05, 0) is 138 Å². The van der Waals surface area contributed by atoms with E-state index in [0.29, 0.717) is 90.1 Å².